The molecule has 2 heterocycles. The molecule has 0 aliphatic heterocycles. The first-order chi connectivity index (χ1) is 13.1. The SMILES string of the molecule is C=CC(=O)NCc1cnc(-c2ccc(F)cc2)cc1-c1cc(OC)ccn1. The van der Waals surface area contributed by atoms with Gasteiger partial charge in [0, 0.05) is 36.1 Å². The fourth-order valence-corrected chi connectivity index (χ4v) is 2.58. The number of benzene rings is 1. The average Bonchev–Trinajstić information content (AvgIpc) is 2.72. The van der Waals surface area contributed by atoms with Crippen molar-refractivity contribution in [2.45, 2.75) is 6.54 Å². The Morgan fingerprint density at radius 2 is 1.96 bits per heavy atom. The van der Waals surface area contributed by atoms with Crippen LogP contribution < -0.4 is 10.1 Å². The summed E-state index contributed by atoms with van der Waals surface area (Å²) in [6, 6.07) is 11.5. The molecule has 3 rings (SSSR count). The second-order valence-corrected chi connectivity index (χ2v) is 5.74. The van der Waals surface area contributed by atoms with E-state index in [1.165, 1.54) is 18.2 Å². The van der Waals surface area contributed by atoms with E-state index in [0.717, 1.165) is 16.7 Å². The summed E-state index contributed by atoms with van der Waals surface area (Å²) in [5, 5.41) is 2.75. The minimum absolute atomic E-state index is 0.274. The highest BCUT2D eigenvalue weighted by atomic mass is 19.1. The predicted molar refractivity (Wildman–Crippen MR) is 101 cm³/mol. The molecule has 0 spiro atoms. The Bertz CT molecular complexity index is 971. The third kappa shape index (κ3) is 4.36. The number of rotatable bonds is 6. The third-order valence-electron chi connectivity index (χ3n) is 4.01. The van der Waals surface area contributed by atoms with Crippen LogP contribution in [-0.4, -0.2) is 23.0 Å². The van der Waals surface area contributed by atoms with Crippen LogP contribution in [0.25, 0.3) is 22.5 Å². The average molecular weight is 363 g/mol. The molecule has 136 valence electrons. The molecule has 0 saturated carbocycles. The molecule has 0 bridgehead atoms. The fraction of sp³-hybridized carbons (Fsp3) is 0.0952. The normalized spacial score (nSPS) is 10.3. The van der Waals surface area contributed by atoms with Crippen LogP contribution in [0.4, 0.5) is 4.39 Å². The molecule has 0 saturated heterocycles. The van der Waals surface area contributed by atoms with E-state index in [2.05, 4.69) is 21.9 Å². The summed E-state index contributed by atoms with van der Waals surface area (Å²) >= 11 is 0. The lowest BCUT2D eigenvalue weighted by Gasteiger charge is -2.12. The molecule has 0 fully saturated rings. The predicted octanol–water partition coefficient (Wildman–Crippen LogP) is 3.76. The monoisotopic (exact) mass is 363 g/mol. The van der Waals surface area contributed by atoms with Crippen LogP contribution in [0.15, 0.2) is 67.5 Å². The van der Waals surface area contributed by atoms with Gasteiger partial charge < -0.3 is 10.1 Å². The number of nitrogens with one attached hydrogen (secondary N) is 1. The van der Waals surface area contributed by atoms with Gasteiger partial charge in [0.15, 0.2) is 0 Å². The zero-order valence-corrected chi connectivity index (χ0v) is 14.8. The maximum Gasteiger partial charge on any atom is 0.243 e. The molecule has 0 unspecified atom stereocenters. The molecule has 1 amide bonds. The minimum Gasteiger partial charge on any atom is -0.497 e. The number of hydrogen-bond donors (Lipinski definition) is 1. The van der Waals surface area contributed by atoms with Crippen molar-refractivity contribution < 1.29 is 13.9 Å². The van der Waals surface area contributed by atoms with Crippen molar-refractivity contribution in [3.05, 3.63) is 78.9 Å². The Morgan fingerprint density at radius 3 is 2.67 bits per heavy atom. The third-order valence-corrected chi connectivity index (χ3v) is 4.01. The molecule has 5 nitrogen and oxygen atoms in total. The maximum atomic E-state index is 13.2. The Morgan fingerprint density at radius 1 is 1.19 bits per heavy atom. The van der Waals surface area contributed by atoms with Gasteiger partial charge in [-0.15, -0.1) is 0 Å². The maximum absolute atomic E-state index is 13.2. The number of carbonyl (C=O) groups is 1. The van der Waals surface area contributed by atoms with Crippen molar-refractivity contribution in [3.63, 3.8) is 0 Å². The molecule has 1 N–H and O–H groups in total. The number of amides is 1. The van der Waals surface area contributed by atoms with Gasteiger partial charge in [0.2, 0.25) is 5.91 Å². The first kappa shape index (κ1) is 18.3. The Kier molecular flexibility index (Phi) is 5.56. The molecule has 3 aromatic rings. The van der Waals surface area contributed by atoms with Crippen molar-refractivity contribution in [2.75, 3.05) is 7.11 Å². The standard InChI is InChI=1S/C21H18FN3O2/c1-3-21(26)25-13-15-12-24-19(14-4-6-16(22)7-5-14)11-18(15)20-10-17(27-2)8-9-23-20/h3-12H,1,13H2,2H3,(H,25,26). The molecule has 0 atom stereocenters. The van der Waals surface area contributed by atoms with Crippen LogP contribution in [0.1, 0.15) is 5.56 Å². The summed E-state index contributed by atoms with van der Waals surface area (Å²) in [5.41, 5.74) is 3.73. The number of carbonyl (C=O) groups excluding carboxylic acids is 1. The highest BCUT2D eigenvalue weighted by Gasteiger charge is 2.12. The van der Waals surface area contributed by atoms with E-state index in [4.69, 9.17) is 4.74 Å². The number of methoxy groups -OCH3 is 1. The van der Waals surface area contributed by atoms with E-state index in [1.807, 2.05) is 12.1 Å². The van der Waals surface area contributed by atoms with Crippen molar-refractivity contribution in [1.29, 1.82) is 0 Å². The van der Waals surface area contributed by atoms with E-state index in [9.17, 15) is 9.18 Å². The van der Waals surface area contributed by atoms with Gasteiger partial charge in [-0.3, -0.25) is 14.8 Å². The Balaban J connectivity index is 2.06. The Hall–Kier alpha value is -3.54. The molecule has 0 aliphatic carbocycles. The topological polar surface area (TPSA) is 64.1 Å². The van der Waals surface area contributed by atoms with Gasteiger partial charge in [-0.05, 0) is 48.0 Å². The molecular weight excluding hydrogens is 345 g/mol. The first-order valence-corrected chi connectivity index (χ1v) is 8.26. The zero-order valence-electron chi connectivity index (χ0n) is 14.8. The molecule has 0 radical (unpaired) electrons. The van der Waals surface area contributed by atoms with Crippen LogP contribution in [0.3, 0.4) is 0 Å². The number of nitrogens with zero attached hydrogens (tertiary/aromatic N) is 2. The number of hydrogen-bond acceptors (Lipinski definition) is 4. The highest BCUT2D eigenvalue weighted by Crippen LogP contribution is 2.29. The largest absolute Gasteiger partial charge is 0.497 e. The molecule has 1 aromatic carbocycles. The van der Waals surface area contributed by atoms with Gasteiger partial charge in [-0.1, -0.05) is 6.58 Å². The number of aromatic nitrogens is 2. The van der Waals surface area contributed by atoms with E-state index in [0.29, 0.717) is 17.1 Å². The highest BCUT2D eigenvalue weighted by molar-refractivity contribution is 5.87. The quantitative estimate of drug-likeness (QED) is 0.677. The lowest BCUT2D eigenvalue weighted by Crippen LogP contribution is -2.20. The van der Waals surface area contributed by atoms with Crippen LogP contribution in [0.2, 0.25) is 0 Å². The lowest BCUT2D eigenvalue weighted by molar-refractivity contribution is -0.116. The summed E-state index contributed by atoms with van der Waals surface area (Å²) in [6.45, 7) is 3.72. The fourth-order valence-electron chi connectivity index (χ4n) is 2.58. The van der Waals surface area contributed by atoms with Crippen LogP contribution in [0.5, 0.6) is 5.75 Å². The van der Waals surface area contributed by atoms with Crippen molar-refractivity contribution in [1.82, 2.24) is 15.3 Å². The van der Waals surface area contributed by atoms with E-state index in [1.54, 1.807) is 37.7 Å². The molecule has 0 aliphatic rings. The van der Waals surface area contributed by atoms with Crippen molar-refractivity contribution in [2.24, 2.45) is 0 Å². The number of ether oxygens (including phenoxy) is 1. The van der Waals surface area contributed by atoms with Crippen LogP contribution in [-0.2, 0) is 11.3 Å². The van der Waals surface area contributed by atoms with Gasteiger partial charge >= 0.3 is 0 Å². The van der Waals surface area contributed by atoms with Gasteiger partial charge in [-0.2, -0.15) is 0 Å². The van der Waals surface area contributed by atoms with Gasteiger partial charge in [-0.25, -0.2) is 4.39 Å². The van der Waals surface area contributed by atoms with E-state index < -0.39 is 0 Å². The van der Waals surface area contributed by atoms with Crippen molar-refractivity contribution in [3.8, 4) is 28.3 Å². The Labute approximate surface area is 156 Å². The van der Waals surface area contributed by atoms with Gasteiger partial charge in [0.1, 0.15) is 11.6 Å². The molecule has 27 heavy (non-hydrogen) atoms. The lowest BCUT2D eigenvalue weighted by atomic mass is 10.0. The second kappa shape index (κ2) is 8.23. The van der Waals surface area contributed by atoms with Crippen LogP contribution in [0, 0.1) is 5.82 Å². The number of pyridine rings is 2. The smallest absolute Gasteiger partial charge is 0.243 e. The van der Waals surface area contributed by atoms with Gasteiger partial charge in [0.25, 0.3) is 0 Å². The summed E-state index contributed by atoms with van der Waals surface area (Å²) < 4.78 is 18.5. The zero-order chi connectivity index (χ0) is 19.2. The first-order valence-electron chi connectivity index (χ1n) is 8.26. The van der Waals surface area contributed by atoms with E-state index in [-0.39, 0.29) is 18.3 Å². The van der Waals surface area contributed by atoms with Crippen molar-refractivity contribution >= 4 is 5.91 Å². The second-order valence-electron chi connectivity index (χ2n) is 5.74. The summed E-state index contributed by atoms with van der Waals surface area (Å²) in [4.78, 5) is 20.4. The van der Waals surface area contributed by atoms with E-state index >= 15 is 0 Å². The summed E-state index contributed by atoms with van der Waals surface area (Å²) in [7, 11) is 1.58. The number of halogens is 1. The van der Waals surface area contributed by atoms with Gasteiger partial charge in [0.05, 0.1) is 18.5 Å². The van der Waals surface area contributed by atoms with Crippen LogP contribution >= 0.6 is 0 Å². The molecular formula is C21H18FN3O2. The molecule has 2 aromatic heterocycles. The summed E-state index contributed by atoms with van der Waals surface area (Å²) in [6.07, 6.45) is 4.54. The minimum atomic E-state index is -0.308. The molecule has 6 heteroatoms. The summed E-state index contributed by atoms with van der Waals surface area (Å²) in [5.74, 6) is 0.0839.